The van der Waals surface area contributed by atoms with Crippen LogP contribution in [0, 0.1) is 0 Å². The molecule has 0 bridgehead atoms. The summed E-state index contributed by atoms with van der Waals surface area (Å²) in [5.41, 5.74) is 4.05. The lowest BCUT2D eigenvalue weighted by Gasteiger charge is -2.52. The summed E-state index contributed by atoms with van der Waals surface area (Å²) in [5.74, 6) is 1.62. The molecule has 0 radical (unpaired) electrons. The van der Waals surface area contributed by atoms with E-state index in [1.54, 1.807) is 0 Å². The molecule has 176 valence electrons. The standard InChI is InChI=1S/C29H26B2N2O3/c1-3-14-26(15-4-1)30-32(22-24-12-7-9-18-28(24)34-30)20-11-21-33-23-25-13-8-10-19-29(25)35-31(33,36-30)27-16-5-2-6-17-27/h1-10,12-19,22-23H,11,20-21H2/t30-,31+. The van der Waals surface area contributed by atoms with Crippen molar-refractivity contribution >= 4 is 36.7 Å². The Bertz CT molecular complexity index is 1400. The number of hydrogen-bond donors (Lipinski definition) is 0. The molecule has 0 spiro atoms. The van der Waals surface area contributed by atoms with Gasteiger partial charge in [-0.1, -0.05) is 95.9 Å². The fourth-order valence-electron chi connectivity index (χ4n) is 5.86. The monoisotopic (exact) mass is 472 g/mol. The number of fused-ring (bicyclic) bond motifs is 4. The number of para-hydroxylation sites is 2. The first-order chi connectivity index (χ1) is 17.8. The Balaban J connectivity index is 1.50. The predicted octanol–water partition coefficient (Wildman–Crippen LogP) is 3.15. The largest absolute Gasteiger partial charge is 0.632 e. The number of benzene rings is 4. The molecule has 0 aliphatic carbocycles. The highest BCUT2D eigenvalue weighted by molar-refractivity contribution is 6.88. The van der Waals surface area contributed by atoms with Crippen molar-refractivity contribution in [3.63, 3.8) is 0 Å². The van der Waals surface area contributed by atoms with Crippen LogP contribution in [0.15, 0.2) is 109 Å². The zero-order chi connectivity index (χ0) is 24.0. The zero-order valence-corrected chi connectivity index (χ0v) is 19.9. The molecule has 2 atom stereocenters. The van der Waals surface area contributed by atoms with E-state index in [4.69, 9.17) is 13.9 Å². The van der Waals surface area contributed by atoms with E-state index >= 15 is 0 Å². The minimum absolute atomic E-state index is 0.788. The van der Waals surface area contributed by atoms with Crippen molar-refractivity contribution in [1.82, 2.24) is 0 Å². The lowest BCUT2D eigenvalue weighted by atomic mass is 9.52. The van der Waals surface area contributed by atoms with Gasteiger partial charge in [-0.2, -0.15) is 0 Å². The second kappa shape index (κ2) is 8.25. The third-order valence-corrected chi connectivity index (χ3v) is 7.54. The van der Waals surface area contributed by atoms with Gasteiger partial charge in [-0.05, 0) is 24.3 Å². The molecule has 0 N–H and O–H groups in total. The van der Waals surface area contributed by atoms with E-state index < -0.39 is 13.4 Å². The molecular formula is C29H26B2N2O3. The van der Waals surface area contributed by atoms with Crippen LogP contribution in [-0.2, 0) is 4.57 Å². The SMILES string of the molecule is C1=[N+]2CCC[N+]3=Cc4ccccc4O[B@-]3(c3ccccc3)O[B@-]2(c2ccccc2)Oc2ccccc21. The van der Waals surface area contributed by atoms with Crippen LogP contribution in [0.5, 0.6) is 11.5 Å². The van der Waals surface area contributed by atoms with E-state index in [0.29, 0.717) is 0 Å². The number of rotatable bonds is 2. The maximum absolute atomic E-state index is 7.43. The van der Waals surface area contributed by atoms with Gasteiger partial charge >= 0.3 is 13.4 Å². The van der Waals surface area contributed by atoms with E-state index in [0.717, 1.165) is 53.1 Å². The molecule has 0 amide bonds. The molecule has 36 heavy (non-hydrogen) atoms. The van der Waals surface area contributed by atoms with Crippen LogP contribution in [0.4, 0.5) is 0 Å². The lowest BCUT2D eigenvalue weighted by Crippen LogP contribution is -2.79. The minimum Gasteiger partial charge on any atom is -0.632 e. The van der Waals surface area contributed by atoms with Gasteiger partial charge in [0.2, 0.25) is 0 Å². The smallest absolute Gasteiger partial charge is 0.590 e. The number of hydrogen-bond acceptors (Lipinski definition) is 3. The van der Waals surface area contributed by atoms with Crippen LogP contribution in [0.1, 0.15) is 17.5 Å². The normalized spacial score (nSPS) is 24.1. The molecule has 3 aliphatic rings. The summed E-state index contributed by atoms with van der Waals surface area (Å²) < 4.78 is 25.9. The van der Waals surface area contributed by atoms with E-state index in [-0.39, 0.29) is 0 Å². The van der Waals surface area contributed by atoms with Crippen LogP contribution in [-0.4, -0.2) is 47.9 Å². The molecular weight excluding hydrogens is 446 g/mol. The predicted molar refractivity (Wildman–Crippen MR) is 144 cm³/mol. The lowest BCUT2D eigenvalue weighted by molar-refractivity contribution is -0.477. The first-order valence-corrected chi connectivity index (χ1v) is 12.6. The molecule has 0 aromatic heterocycles. The fourth-order valence-corrected chi connectivity index (χ4v) is 5.86. The van der Waals surface area contributed by atoms with Gasteiger partial charge in [0, 0.05) is 0 Å². The second-order valence-electron chi connectivity index (χ2n) is 9.70. The summed E-state index contributed by atoms with van der Waals surface area (Å²) >= 11 is 0. The average Bonchev–Trinajstić information content (AvgIpc) is 2.93. The van der Waals surface area contributed by atoms with Crippen LogP contribution in [0.3, 0.4) is 0 Å². The minimum atomic E-state index is -2.14. The Labute approximate surface area is 210 Å². The molecule has 4 aromatic carbocycles. The van der Waals surface area contributed by atoms with Gasteiger partial charge in [0.15, 0.2) is 0 Å². The van der Waals surface area contributed by atoms with Crippen molar-refractivity contribution in [2.24, 2.45) is 0 Å². The molecule has 7 heteroatoms. The Kier molecular flexibility index (Phi) is 4.86. The Morgan fingerprint density at radius 1 is 0.500 bits per heavy atom. The maximum Gasteiger partial charge on any atom is 0.590 e. The third kappa shape index (κ3) is 3.23. The summed E-state index contributed by atoms with van der Waals surface area (Å²) in [6.45, 7) is -2.71. The summed E-state index contributed by atoms with van der Waals surface area (Å²) in [6.07, 6.45) is 5.30. The van der Waals surface area contributed by atoms with Crippen LogP contribution in [0.2, 0.25) is 0 Å². The Morgan fingerprint density at radius 3 is 1.39 bits per heavy atom. The highest BCUT2D eigenvalue weighted by Crippen LogP contribution is 2.33. The molecule has 0 unspecified atom stereocenters. The van der Waals surface area contributed by atoms with Crippen molar-refractivity contribution in [2.45, 2.75) is 6.42 Å². The molecule has 7 rings (SSSR count). The molecule has 3 aliphatic heterocycles. The van der Waals surface area contributed by atoms with E-state index in [1.165, 1.54) is 0 Å². The molecule has 0 saturated carbocycles. The quantitative estimate of drug-likeness (QED) is 0.421. The topological polar surface area (TPSA) is 33.7 Å². The Hall–Kier alpha value is -4.09. The zero-order valence-electron chi connectivity index (χ0n) is 19.9. The van der Waals surface area contributed by atoms with E-state index in [2.05, 4.69) is 57.8 Å². The summed E-state index contributed by atoms with van der Waals surface area (Å²) in [7, 11) is 0. The third-order valence-electron chi connectivity index (χ3n) is 7.54. The summed E-state index contributed by atoms with van der Waals surface area (Å²) in [4.78, 5) is 0. The van der Waals surface area contributed by atoms with E-state index in [1.807, 2.05) is 72.8 Å². The molecule has 5 nitrogen and oxygen atoms in total. The summed E-state index contributed by atoms with van der Waals surface area (Å²) in [5, 5.41) is 0. The van der Waals surface area contributed by atoms with Gasteiger partial charge in [-0.15, -0.1) is 0 Å². The van der Waals surface area contributed by atoms with Gasteiger partial charge in [0.1, 0.15) is 25.5 Å². The molecule has 3 heterocycles. The maximum atomic E-state index is 7.43. The van der Waals surface area contributed by atoms with Crippen LogP contribution < -0.4 is 20.2 Å². The summed E-state index contributed by atoms with van der Waals surface area (Å²) in [6, 6.07) is 36.9. The van der Waals surface area contributed by atoms with Gasteiger partial charge in [-0.3, -0.25) is 0 Å². The van der Waals surface area contributed by atoms with Gasteiger partial charge < -0.3 is 22.9 Å². The second-order valence-corrected chi connectivity index (χ2v) is 9.70. The molecule has 1 saturated heterocycles. The highest BCUT2D eigenvalue weighted by atomic mass is 16.7. The van der Waals surface area contributed by atoms with E-state index in [9.17, 15) is 0 Å². The van der Waals surface area contributed by atoms with Gasteiger partial charge in [0.25, 0.3) is 0 Å². The van der Waals surface area contributed by atoms with Gasteiger partial charge in [0.05, 0.1) is 29.0 Å². The van der Waals surface area contributed by atoms with Crippen molar-refractivity contribution in [3.05, 3.63) is 120 Å². The first-order valence-electron chi connectivity index (χ1n) is 12.6. The number of nitrogens with zero attached hydrogens (tertiary/aromatic N) is 2. The highest BCUT2D eigenvalue weighted by Gasteiger charge is 2.59. The van der Waals surface area contributed by atoms with Crippen molar-refractivity contribution in [1.29, 1.82) is 0 Å². The van der Waals surface area contributed by atoms with Crippen LogP contribution in [0.25, 0.3) is 0 Å². The van der Waals surface area contributed by atoms with Crippen molar-refractivity contribution in [3.8, 4) is 11.5 Å². The van der Waals surface area contributed by atoms with Crippen molar-refractivity contribution in [2.75, 3.05) is 13.1 Å². The van der Waals surface area contributed by atoms with Gasteiger partial charge in [-0.25, -0.2) is 0 Å². The van der Waals surface area contributed by atoms with Crippen LogP contribution >= 0.6 is 0 Å². The molecule has 4 aromatic rings. The Morgan fingerprint density at radius 2 is 0.917 bits per heavy atom. The average molecular weight is 472 g/mol. The molecule has 1 fully saturated rings. The fraction of sp³-hybridized carbons (Fsp3) is 0.103. The van der Waals surface area contributed by atoms with Crippen molar-refractivity contribution < 1.29 is 22.9 Å². The first kappa shape index (κ1) is 21.2.